The average Bonchev–Trinajstić information content (AvgIpc) is 2.94. The SMILES string of the molecule is Cc1cc(C2=CCN(C(=O)OC(C)(C)C)CC2)ccc1C(=O)Nc1ccc(C2=CCN(C(=O)OC(C)(C)C)CC2)c(F)c1F. The molecular weight excluding hydrogens is 568 g/mol. The molecule has 2 aliphatic heterocycles. The second kappa shape index (κ2) is 12.8. The van der Waals surface area contributed by atoms with E-state index in [9.17, 15) is 14.4 Å². The zero-order valence-corrected chi connectivity index (χ0v) is 26.5. The van der Waals surface area contributed by atoms with E-state index in [0.717, 1.165) is 11.1 Å². The maximum Gasteiger partial charge on any atom is 0.410 e. The number of hydrogen-bond acceptors (Lipinski definition) is 5. The highest BCUT2D eigenvalue weighted by atomic mass is 19.2. The molecule has 236 valence electrons. The van der Waals surface area contributed by atoms with Crippen LogP contribution in [0.3, 0.4) is 0 Å². The fourth-order valence-electron chi connectivity index (χ4n) is 5.03. The number of nitrogens with one attached hydrogen (secondary N) is 1. The fraction of sp³-hybridized carbons (Fsp3) is 0.441. The number of aryl methyl sites for hydroxylation is 1. The van der Waals surface area contributed by atoms with Gasteiger partial charge in [0, 0.05) is 37.3 Å². The van der Waals surface area contributed by atoms with Crippen LogP contribution in [0.2, 0.25) is 0 Å². The molecule has 8 nitrogen and oxygen atoms in total. The molecule has 0 spiro atoms. The number of benzene rings is 2. The van der Waals surface area contributed by atoms with Crippen molar-refractivity contribution in [3.8, 4) is 0 Å². The summed E-state index contributed by atoms with van der Waals surface area (Å²) in [6, 6.07) is 8.13. The number of nitrogens with zero attached hydrogens (tertiary/aromatic N) is 2. The van der Waals surface area contributed by atoms with Crippen LogP contribution in [0.25, 0.3) is 11.1 Å². The predicted molar refractivity (Wildman–Crippen MR) is 166 cm³/mol. The van der Waals surface area contributed by atoms with Gasteiger partial charge in [-0.25, -0.2) is 18.4 Å². The fourth-order valence-corrected chi connectivity index (χ4v) is 5.03. The Balaban J connectivity index is 1.41. The van der Waals surface area contributed by atoms with Gasteiger partial charge in [0.25, 0.3) is 5.91 Å². The monoisotopic (exact) mass is 609 g/mol. The van der Waals surface area contributed by atoms with Crippen LogP contribution in [-0.4, -0.2) is 65.3 Å². The molecule has 3 amide bonds. The van der Waals surface area contributed by atoms with Crippen molar-refractivity contribution >= 4 is 34.9 Å². The van der Waals surface area contributed by atoms with Crippen molar-refractivity contribution in [2.24, 2.45) is 0 Å². The summed E-state index contributed by atoms with van der Waals surface area (Å²) >= 11 is 0. The van der Waals surface area contributed by atoms with Crippen molar-refractivity contribution in [3.63, 3.8) is 0 Å². The summed E-state index contributed by atoms with van der Waals surface area (Å²) in [5, 5.41) is 2.50. The molecule has 0 radical (unpaired) electrons. The lowest BCUT2D eigenvalue weighted by molar-refractivity contribution is 0.0260. The highest BCUT2D eigenvalue weighted by Crippen LogP contribution is 2.31. The second-order valence-corrected chi connectivity index (χ2v) is 13.1. The van der Waals surface area contributed by atoms with Gasteiger partial charge in [-0.1, -0.05) is 24.3 Å². The van der Waals surface area contributed by atoms with Crippen molar-refractivity contribution in [1.82, 2.24) is 9.80 Å². The van der Waals surface area contributed by atoms with E-state index in [-0.39, 0.29) is 23.9 Å². The summed E-state index contributed by atoms with van der Waals surface area (Å²) < 4.78 is 41.1. The molecule has 10 heteroatoms. The molecule has 2 aromatic rings. The van der Waals surface area contributed by atoms with Gasteiger partial charge in [-0.15, -0.1) is 0 Å². The maximum absolute atomic E-state index is 15.2. The molecule has 0 aliphatic carbocycles. The van der Waals surface area contributed by atoms with E-state index in [0.29, 0.717) is 49.2 Å². The molecule has 0 bridgehead atoms. The zero-order chi connectivity index (χ0) is 32.4. The van der Waals surface area contributed by atoms with Crippen molar-refractivity contribution in [2.75, 3.05) is 31.5 Å². The molecular formula is C34H41F2N3O5. The minimum Gasteiger partial charge on any atom is -0.444 e. The van der Waals surface area contributed by atoms with Crippen LogP contribution in [0.15, 0.2) is 42.5 Å². The number of anilines is 1. The van der Waals surface area contributed by atoms with Gasteiger partial charge in [0.05, 0.1) is 5.69 Å². The molecule has 2 heterocycles. The number of carbonyl (C=O) groups is 3. The molecule has 0 saturated heterocycles. The summed E-state index contributed by atoms with van der Waals surface area (Å²) in [5.74, 6) is -2.77. The van der Waals surface area contributed by atoms with E-state index >= 15 is 8.78 Å². The van der Waals surface area contributed by atoms with E-state index in [1.165, 1.54) is 17.0 Å². The molecule has 0 saturated carbocycles. The Kier molecular flexibility index (Phi) is 9.51. The van der Waals surface area contributed by atoms with Gasteiger partial charge in [0.15, 0.2) is 11.6 Å². The molecule has 0 atom stereocenters. The van der Waals surface area contributed by atoms with Gasteiger partial charge < -0.3 is 24.6 Å². The molecule has 0 fully saturated rings. The number of hydrogen-bond donors (Lipinski definition) is 1. The Morgan fingerprint density at radius 3 is 1.80 bits per heavy atom. The van der Waals surface area contributed by atoms with Crippen molar-refractivity contribution in [1.29, 1.82) is 0 Å². The van der Waals surface area contributed by atoms with E-state index in [2.05, 4.69) is 5.32 Å². The topological polar surface area (TPSA) is 88.2 Å². The summed E-state index contributed by atoms with van der Waals surface area (Å²) in [7, 11) is 0. The van der Waals surface area contributed by atoms with Crippen molar-refractivity contribution < 1.29 is 32.6 Å². The number of ether oxygens (including phenoxy) is 2. The van der Waals surface area contributed by atoms with Gasteiger partial charge in [-0.3, -0.25) is 4.79 Å². The molecule has 0 unspecified atom stereocenters. The number of rotatable bonds is 4. The van der Waals surface area contributed by atoms with E-state index < -0.39 is 34.8 Å². The Bertz CT molecular complexity index is 1520. The summed E-state index contributed by atoms with van der Waals surface area (Å²) in [6.07, 6.45) is 3.82. The number of halogens is 2. The van der Waals surface area contributed by atoms with Crippen LogP contribution in [-0.2, 0) is 9.47 Å². The third-order valence-corrected chi connectivity index (χ3v) is 7.24. The lowest BCUT2D eigenvalue weighted by Crippen LogP contribution is -2.39. The maximum atomic E-state index is 15.2. The van der Waals surface area contributed by atoms with Crippen LogP contribution in [0.4, 0.5) is 24.1 Å². The molecule has 4 rings (SSSR count). The molecule has 2 aliphatic rings. The largest absolute Gasteiger partial charge is 0.444 e. The Labute approximate surface area is 257 Å². The van der Waals surface area contributed by atoms with Gasteiger partial charge in [-0.2, -0.15) is 0 Å². The van der Waals surface area contributed by atoms with Crippen LogP contribution in [0.5, 0.6) is 0 Å². The highest BCUT2D eigenvalue weighted by molar-refractivity contribution is 6.05. The molecule has 44 heavy (non-hydrogen) atoms. The summed E-state index contributed by atoms with van der Waals surface area (Å²) in [4.78, 5) is 40.9. The summed E-state index contributed by atoms with van der Waals surface area (Å²) in [5.41, 5.74) is 2.21. The standard InChI is InChI=1S/C34H41F2N3O5/c1-21-20-24(22-12-16-38(17-13-22)31(41)43-33(2,3)4)8-9-25(21)30(40)37-27-11-10-26(28(35)29(27)36)23-14-18-39(19-15-23)32(42)44-34(5,6)7/h8-12,14,20H,13,15-19H2,1-7H3,(H,37,40). The van der Waals surface area contributed by atoms with E-state index in [1.54, 1.807) is 44.7 Å². The first-order chi connectivity index (χ1) is 20.5. The van der Waals surface area contributed by atoms with E-state index in [1.807, 2.05) is 39.0 Å². The average molecular weight is 610 g/mol. The van der Waals surface area contributed by atoms with Gasteiger partial charge in [-0.05, 0) is 102 Å². The van der Waals surface area contributed by atoms with E-state index in [4.69, 9.17) is 9.47 Å². The first-order valence-electron chi connectivity index (χ1n) is 14.8. The minimum absolute atomic E-state index is 0.0934. The second-order valence-electron chi connectivity index (χ2n) is 13.1. The lowest BCUT2D eigenvalue weighted by Gasteiger charge is -2.29. The lowest BCUT2D eigenvalue weighted by atomic mass is 9.95. The van der Waals surface area contributed by atoms with Gasteiger partial charge in [0.1, 0.15) is 11.2 Å². The van der Waals surface area contributed by atoms with Crippen molar-refractivity contribution in [3.05, 3.63) is 76.4 Å². The van der Waals surface area contributed by atoms with Gasteiger partial charge >= 0.3 is 12.2 Å². The molecule has 0 aromatic heterocycles. The third kappa shape index (κ3) is 8.03. The van der Waals surface area contributed by atoms with Crippen molar-refractivity contribution in [2.45, 2.75) is 72.5 Å². The molecule has 1 N–H and O–H groups in total. The van der Waals surface area contributed by atoms with Gasteiger partial charge in [0.2, 0.25) is 0 Å². The Morgan fingerprint density at radius 1 is 0.773 bits per heavy atom. The van der Waals surface area contributed by atoms with Crippen LogP contribution >= 0.6 is 0 Å². The first kappa shape index (κ1) is 32.7. The van der Waals surface area contributed by atoms with Crippen LogP contribution < -0.4 is 5.32 Å². The highest BCUT2D eigenvalue weighted by Gasteiger charge is 2.27. The first-order valence-corrected chi connectivity index (χ1v) is 14.8. The quantitative estimate of drug-likeness (QED) is 0.386. The Hall–Kier alpha value is -4.21. The molecule has 2 aromatic carbocycles. The van der Waals surface area contributed by atoms with Crippen LogP contribution in [0.1, 0.15) is 81.4 Å². The predicted octanol–water partition coefficient (Wildman–Crippen LogP) is 7.57. The Morgan fingerprint density at radius 2 is 1.32 bits per heavy atom. The normalized spacial score (nSPS) is 15.8. The third-order valence-electron chi connectivity index (χ3n) is 7.24. The summed E-state index contributed by atoms with van der Waals surface area (Å²) in [6.45, 7) is 14.1. The van der Waals surface area contributed by atoms with Crippen LogP contribution in [0, 0.1) is 18.6 Å². The smallest absolute Gasteiger partial charge is 0.410 e. The zero-order valence-electron chi connectivity index (χ0n) is 26.5. The number of amides is 3. The number of carbonyl (C=O) groups excluding carboxylic acids is 3. The minimum atomic E-state index is -1.15.